The lowest BCUT2D eigenvalue weighted by molar-refractivity contribution is -0.147. The summed E-state index contributed by atoms with van der Waals surface area (Å²) in [6.07, 6.45) is 2.90. The Morgan fingerprint density at radius 3 is 2.37 bits per heavy atom. The first-order chi connectivity index (χ1) is 8.87. The van der Waals surface area contributed by atoms with Crippen molar-refractivity contribution in [1.29, 1.82) is 0 Å². The molecule has 1 atom stereocenters. The largest absolute Gasteiger partial charge is 0.481 e. The molecule has 0 aliphatic carbocycles. The van der Waals surface area contributed by atoms with Crippen LogP contribution >= 0.6 is 0 Å². The van der Waals surface area contributed by atoms with Gasteiger partial charge in [0, 0.05) is 26.7 Å². The number of carboxylic acid groups (broad SMARTS) is 1. The van der Waals surface area contributed by atoms with Crippen LogP contribution < -0.4 is 5.32 Å². The van der Waals surface area contributed by atoms with Crippen molar-refractivity contribution in [2.45, 2.75) is 39.5 Å². The number of urea groups is 1. The summed E-state index contributed by atoms with van der Waals surface area (Å²) in [5.41, 5.74) is -0.923. The number of aliphatic carboxylic acids is 1. The molecule has 0 aliphatic rings. The minimum absolute atomic E-state index is 0.124. The zero-order valence-corrected chi connectivity index (χ0v) is 12.1. The van der Waals surface area contributed by atoms with Crippen LogP contribution in [0.25, 0.3) is 0 Å². The third-order valence-electron chi connectivity index (χ3n) is 3.42. The molecule has 0 aromatic rings. The Kier molecular flexibility index (Phi) is 8.14. The van der Waals surface area contributed by atoms with Crippen LogP contribution in [-0.2, 0) is 4.79 Å². The first kappa shape index (κ1) is 17.7. The lowest BCUT2D eigenvalue weighted by Gasteiger charge is -2.25. The van der Waals surface area contributed by atoms with Gasteiger partial charge in [0.1, 0.15) is 0 Å². The Morgan fingerprint density at radius 1 is 1.26 bits per heavy atom. The highest BCUT2D eigenvalue weighted by Crippen LogP contribution is 2.19. The molecule has 0 bridgehead atoms. The maximum Gasteiger partial charge on any atom is 0.317 e. The number of unbranched alkanes of at least 4 members (excludes halogenated alkanes) is 2. The molecular weight excluding hydrogens is 248 g/mol. The van der Waals surface area contributed by atoms with Crippen molar-refractivity contribution in [2.75, 3.05) is 26.7 Å². The molecule has 6 nitrogen and oxygen atoms in total. The Hall–Kier alpha value is -1.30. The second kappa shape index (κ2) is 8.74. The molecule has 0 rings (SSSR count). The van der Waals surface area contributed by atoms with E-state index in [1.54, 1.807) is 20.9 Å². The third-order valence-corrected chi connectivity index (χ3v) is 3.42. The van der Waals surface area contributed by atoms with E-state index in [2.05, 4.69) is 5.32 Å². The number of amides is 2. The number of hydrogen-bond donors (Lipinski definition) is 3. The van der Waals surface area contributed by atoms with Gasteiger partial charge >= 0.3 is 12.0 Å². The Balaban J connectivity index is 4.05. The second-order valence-electron chi connectivity index (χ2n) is 5.08. The van der Waals surface area contributed by atoms with Gasteiger partial charge in [-0.2, -0.15) is 0 Å². The molecule has 0 aromatic carbocycles. The minimum atomic E-state index is -0.923. The highest BCUT2D eigenvalue weighted by Gasteiger charge is 2.31. The van der Waals surface area contributed by atoms with Crippen molar-refractivity contribution in [3.8, 4) is 0 Å². The van der Waals surface area contributed by atoms with Crippen LogP contribution in [0.15, 0.2) is 0 Å². The van der Waals surface area contributed by atoms with E-state index in [-0.39, 0.29) is 19.2 Å². The first-order valence-electron chi connectivity index (χ1n) is 6.70. The van der Waals surface area contributed by atoms with Gasteiger partial charge in [-0.15, -0.1) is 0 Å². The van der Waals surface area contributed by atoms with Gasteiger partial charge in [0.15, 0.2) is 0 Å². The number of aliphatic hydroxyl groups is 1. The topological polar surface area (TPSA) is 89.9 Å². The fourth-order valence-corrected chi connectivity index (χ4v) is 1.50. The van der Waals surface area contributed by atoms with Crippen molar-refractivity contribution in [1.82, 2.24) is 10.2 Å². The summed E-state index contributed by atoms with van der Waals surface area (Å²) in [6, 6.07) is -0.259. The molecule has 2 amide bonds. The Morgan fingerprint density at radius 2 is 1.89 bits per heavy atom. The predicted molar refractivity (Wildman–Crippen MR) is 73.0 cm³/mol. The SMILES string of the molecule is CCC(C)(CNC(=O)N(C)CCCCCO)C(=O)O. The summed E-state index contributed by atoms with van der Waals surface area (Å²) >= 11 is 0. The molecule has 3 N–H and O–H groups in total. The summed E-state index contributed by atoms with van der Waals surface area (Å²) in [6.45, 7) is 4.31. The molecule has 112 valence electrons. The van der Waals surface area contributed by atoms with Crippen molar-refractivity contribution in [3.05, 3.63) is 0 Å². The van der Waals surface area contributed by atoms with E-state index < -0.39 is 11.4 Å². The highest BCUT2D eigenvalue weighted by molar-refractivity contribution is 5.77. The summed E-state index contributed by atoms with van der Waals surface area (Å²) in [5, 5.41) is 20.4. The number of carbonyl (C=O) groups excluding carboxylic acids is 1. The molecule has 6 heteroatoms. The molecule has 0 fully saturated rings. The summed E-state index contributed by atoms with van der Waals surface area (Å²) in [4.78, 5) is 24.4. The van der Waals surface area contributed by atoms with E-state index in [9.17, 15) is 9.59 Å². The van der Waals surface area contributed by atoms with Gasteiger partial charge in [-0.05, 0) is 32.6 Å². The summed E-state index contributed by atoms with van der Waals surface area (Å²) in [5.74, 6) is -0.902. The molecule has 19 heavy (non-hydrogen) atoms. The first-order valence-corrected chi connectivity index (χ1v) is 6.70. The van der Waals surface area contributed by atoms with Crippen LogP contribution in [0.5, 0.6) is 0 Å². The zero-order chi connectivity index (χ0) is 14.9. The fourth-order valence-electron chi connectivity index (χ4n) is 1.50. The summed E-state index contributed by atoms with van der Waals surface area (Å²) in [7, 11) is 1.68. The standard InChI is InChI=1S/C13H26N2O4/c1-4-13(2,11(17)18)10-14-12(19)15(3)8-6-5-7-9-16/h16H,4-10H2,1-3H3,(H,14,19)(H,17,18). The van der Waals surface area contributed by atoms with Gasteiger partial charge in [-0.25, -0.2) is 4.79 Å². The van der Waals surface area contributed by atoms with Crippen molar-refractivity contribution in [3.63, 3.8) is 0 Å². The van der Waals surface area contributed by atoms with Gasteiger partial charge in [-0.3, -0.25) is 4.79 Å². The number of rotatable bonds is 9. The molecule has 1 unspecified atom stereocenters. The fraction of sp³-hybridized carbons (Fsp3) is 0.846. The van der Waals surface area contributed by atoms with E-state index >= 15 is 0 Å². The molecule has 0 aliphatic heterocycles. The second-order valence-corrected chi connectivity index (χ2v) is 5.08. The number of nitrogens with zero attached hydrogens (tertiary/aromatic N) is 1. The van der Waals surface area contributed by atoms with E-state index in [4.69, 9.17) is 10.2 Å². The molecule has 0 saturated heterocycles. The van der Waals surface area contributed by atoms with Crippen LogP contribution in [0, 0.1) is 5.41 Å². The average Bonchev–Trinajstić information content (AvgIpc) is 2.39. The lowest BCUT2D eigenvalue weighted by atomic mass is 9.88. The quantitative estimate of drug-likeness (QED) is 0.553. The van der Waals surface area contributed by atoms with Crippen LogP contribution in [0.1, 0.15) is 39.5 Å². The third kappa shape index (κ3) is 6.42. The van der Waals surface area contributed by atoms with Crippen LogP contribution in [0.4, 0.5) is 4.79 Å². The lowest BCUT2D eigenvalue weighted by Crippen LogP contribution is -2.45. The molecule has 0 spiro atoms. The predicted octanol–water partition coefficient (Wildman–Crippen LogP) is 1.29. The van der Waals surface area contributed by atoms with Crippen LogP contribution in [0.2, 0.25) is 0 Å². The smallest absolute Gasteiger partial charge is 0.317 e. The number of carbonyl (C=O) groups is 2. The summed E-state index contributed by atoms with van der Waals surface area (Å²) < 4.78 is 0. The number of carboxylic acids is 1. The van der Waals surface area contributed by atoms with Gasteiger partial charge in [0.2, 0.25) is 0 Å². The van der Waals surface area contributed by atoms with E-state index in [1.807, 2.05) is 0 Å². The molecule has 0 heterocycles. The van der Waals surface area contributed by atoms with Crippen molar-refractivity contribution < 1.29 is 19.8 Å². The minimum Gasteiger partial charge on any atom is -0.481 e. The molecule has 0 radical (unpaired) electrons. The van der Waals surface area contributed by atoms with E-state index in [0.29, 0.717) is 13.0 Å². The average molecular weight is 274 g/mol. The van der Waals surface area contributed by atoms with Crippen molar-refractivity contribution >= 4 is 12.0 Å². The van der Waals surface area contributed by atoms with E-state index in [0.717, 1.165) is 19.3 Å². The maximum absolute atomic E-state index is 11.8. The normalized spacial score (nSPS) is 13.7. The van der Waals surface area contributed by atoms with E-state index in [1.165, 1.54) is 4.90 Å². The number of aliphatic hydroxyl groups excluding tert-OH is 1. The van der Waals surface area contributed by atoms with Gasteiger partial charge in [0.05, 0.1) is 5.41 Å². The Bertz CT molecular complexity index is 296. The van der Waals surface area contributed by atoms with Gasteiger partial charge in [-0.1, -0.05) is 6.92 Å². The molecular formula is C13H26N2O4. The number of nitrogens with one attached hydrogen (secondary N) is 1. The van der Waals surface area contributed by atoms with Crippen molar-refractivity contribution in [2.24, 2.45) is 5.41 Å². The van der Waals surface area contributed by atoms with Gasteiger partial charge < -0.3 is 20.4 Å². The molecule has 0 aromatic heterocycles. The maximum atomic E-state index is 11.8. The van der Waals surface area contributed by atoms with Gasteiger partial charge in [0.25, 0.3) is 0 Å². The number of hydrogen-bond acceptors (Lipinski definition) is 3. The Labute approximate surface area is 114 Å². The monoisotopic (exact) mass is 274 g/mol. The molecule has 0 saturated carbocycles. The van der Waals surface area contributed by atoms with Crippen LogP contribution in [0.3, 0.4) is 0 Å². The zero-order valence-electron chi connectivity index (χ0n) is 12.1. The van der Waals surface area contributed by atoms with Crippen LogP contribution in [-0.4, -0.2) is 53.9 Å². The highest BCUT2D eigenvalue weighted by atomic mass is 16.4.